The highest BCUT2D eigenvalue weighted by atomic mass is 32.2. The van der Waals surface area contributed by atoms with Crippen molar-refractivity contribution in [2.75, 3.05) is 32.8 Å². The Morgan fingerprint density at radius 2 is 1.84 bits per heavy atom. The third-order valence-corrected chi connectivity index (χ3v) is 10.9. The number of fused-ring (bicyclic) bond motifs is 1. The molecule has 0 aromatic heterocycles. The molecule has 3 aliphatic heterocycles. The first kappa shape index (κ1) is 28.2. The molecule has 1 saturated carbocycles. The average molecular weight is 532 g/mol. The van der Waals surface area contributed by atoms with E-state index in [9.17, 15) is 19.5 Å². The SMILES string of the molecule is C=CCN(CCC)C(=O)[C@@H]1[C@@H]2CCC3(S2)C(C(=O)N(CC=C)C2CCCCC2)N(CCCCO)C(=O)[C@H]13. The third-order valence-electron chi connectivity index (χ3n) is 8.91. The minimum absolute atomic E-state index is 0.0319. The lowest BCUT2D eigenvalue weighted by Gasteiger charge is -2.41. The molecule has 3 heterocycles. The molecule has 3 saturated heterocycles. The van der Waals surface area contributed by atoms with Gasteiger partial charge in [-0.05, 0) is 44.9 Å². The molecule has 7 nitrogen and oxygen atoms in total. The van der Waals surface area contributed by atoms with Gasteiger partial charge in [0.15, 0.2) is 0 Å². The van der Waals surface area contributed by atoms with Gasteiger partial charge in [-0.1, -0.05) is 38.3 Å². The lowest BCUT2D eigenvalue weighted by atomic mass is 9.70. The summed E-state index contributed by atoms with van der Waals surface area (Å²) in [6.45, 7) is 11.9. The van der Waals surface area contributed by atoms with Crippen molar-refractivity contribution in [3.63, 3.8) is 0 Å². The van der Waals surface area contributed by atoms with E-state index in [1.54, 1.807) is 28.8 Å². The molecule has 4 fully saturated rings. The molecule has 4 aliphatic rings. The number of unbranched alkanes of at least 4 members (excludes halogenated alkanes) is 1. The van der Waals surface area contributed by atoms with Crippen LogP contribution in [0.1, 0.15) is 71.1 Å². The van der Waals surface area contributed by atoms with Gasteiger partial charge in [0.1, 0.15) is 6.04 Å². The summed E-state index contributed by atoms with van der Waals surface area (Å²) in [7, 11) is 0. The lowest BCUT2D eigenvalue weighted by molar-refractivity contribution is -0.145. The third kappa shape index (κ3) is 5.12. The number of carbonyl (C=O) groups excluding carboxylic acids is 3. The molecule has 0 aromatic rings. The standard InChI is InChI=1S/C29H45N3O4S/c1-4-16-30(17-5-2)26(34)23-22-14-15-29(37-22)24(23)27(35)32(19-10-11-20-33)25(29)28(36)31(18-6-3)21-12-8-7-9-13-21/h4,6,21-25,33H,1,3,5,7-20H2,2H3/t22-,23+,24-,25?,29?/m0/s1. The summed E-state index contributed by atoms with van der Waals surface area (Å²) in [6.07, 6.45) is 12.7. The Balaban J connectivity index is 1.69. The molecule has 0 aromatic carbocycles. The van der Waals surface area contributed by atoms with Gasteiger partial charge in [-0.15, -0.1) is 24.9 Å². The molecular weight excluding hydrogens is 486 g/mol. The summed E-state index contributed by atoms with van der Waals surface area (Å²) in [5.41, 5.74) is 0. The molecule has 37 heavy (non-hydrogen) atoms. The Bertz CT molecular complexity index is 875. The van der Waals surface area contributed by atoms with Crippen LogP contribution in [0.25, 0.3) is 0 Å². The lowest BCUT2D eigenvalue weighted by Crippen LogP contribution is -2.57. The van der Waals surface area contributed by atoms with Gasteiger partial charge in [0, 0.05) is 44.1 Å². The number of nitrogens with zero attached hydrogens (tertiary/aromatic N) is 3. The first-order valence-corrected chi connectivity index (χ1v) is 15.2. The Hall–Kier alpha value is -1.80. The van der Waals surface area contributed by atoms with Crippen molar-refractivity contribution in [1.82, 2.24) is 14.7 Å². The fourth-order valence-electron chi connectivity index (χ4n) is 7.38. The summed E-state index contributed by atoms with van der Waals surface area (Å²) < 4.78 is -0.557. The number of aliphatic hydroxyl groups is 1. The molecule has 1 aliphatic carbocycles. The van der Waals surface area contributed by atoms with Crippen LogP contribution in [-0.2, 0) is 14.4 Å². The van der Waals surface area contributed by atoms with Crippen LogP contribution in [0.3, 0.4) is 0 Å². The zero-order chi connectivity index (χ0) is 26.6. The molecule has 206 valence electrons. The molecule has 0 radical (unpaired) electrons. The van der Waals surface area contributed by atoms with E-state index in [0.717, 1.165) is 44.9 Å². The number of rotatable bonds is 13. The van der Waals surface area contributed by atoms with Crippen LogP contribution in [0.15, 0.2) is 25.3 Å². The first-order chi connectivity index (χ1) is 17.9. The highest BCUT2D eigenvalue weighted by molar-refractivity contribution is 8.02. The van der Waals surface area contributed by atoms with Crippen molar-refractivity contribution in [1.29, 1.82) is 0 Å². The number of aliphatic hydroxyl groups excluding tert-OH is 1. The molecule has 1 N–H and O–H groups in total. The van der Waals surface area contributed by atoms with Gasteiger partial charge in [0.05, 0.1) is 16.6 Å². The predicted molar refractivity (Wildman–Crippen MR) is 148 cm³/mol. The Labute approximate surface area is 226 Å². The van der Waals surface area contributed by atoms with Crippen molar-refractivity contribution in [2.24, 2.45) is 11.8 Å². The number of carbonyl (C=O) groups is 3. The van der Waals surface area contributed by atoms with Gasteiger partial charge < -0.3 is 19.8 Å². The summed E-state index contributed by atoms with van der Waals surface area (Å²) in [5, 5.41) is 9.47. The van der Waals surface area contributed by atoms with E-state index in [1.165, 1.54) is 6.42 Å². The second-order valence-electron chi connectivity index (χ2n) is 11.2. The predicted octanol–water partition coefficient (Wildman–Crippen LogP) is 3.62. The molecule has 2 bridgehead atoms. The van der Waals surface area contributed by atoms with Crippen LogP contribution >= 0.6 is 11.8 Å². The van der Waals surface area contributed by atoms with E-state index in [-0.39, 0.29) is 35.6 Å². The molecule has 4 rings (SSSR count). The van der Waals surface area contributed by atoms with Crippen LogP contribution in [0, 0.1) is 11.8 Å². The summed E-state index contributed by atoms with van der Waals surface area (Å²) in [6, 6.07) is -0.379. The van der Waals surface area contributed by atoms with Gasteiger partial charge >= 0.3 is 0 Å². The second-order valence-corrected chi connectivity index (χ2v) is 12.8. The van der Waals surface area contributed by atoms with E-state index >= 15 is 0 Å². The molecule has 5 atom stereocenters. The molecule has 1 spiro atoms. The maximum absolute atomic E-state index is 14.5. The van der Waals surface area contributed by atoms with E-state index in [0.29, 0.717) is 39.0 Å². The first-order valence-electron chi connectivity index (χ1n) is 14.3. The monoisotopic (exact) mass is 531 g/mol. The fraction of sp³-hybridized carbons (Fsp3) is 0.759. The van der Waals surface area contributed by atoms with E-state index in [4.69, 9.17) is 0 Å². The number of thioether (sulfide) groups is 1. The molecule has 2 unspecified atom stereocenters. The normalized spacial score (nSPS) is 30.9. The van der Waals surface area contributed by atoms with Gasteiger partial charge in [-0.2, -0.15) is 0 Å². The second kappa shape index (κ2) is 12.4. The Morgan fingerprint density at radius 3 is 2.49 bits per heavy atom. The van der Waals surface area contributed by atoms with Crippen molar-refractivity contribution >= 4 is 29.5 Å². The van der Waals surface area contributed by atoms with Crippen LogP contribution in [0.2, 0.25) is 0 Å². The largest absolute Gasteiger partial charge is 0.396 e. The minimum Gasteiger partial charge on any atom is -0.396 e. The van der Waals surface area contributed by atoms with Crippen LogP contribution < -0.4 is 0 Å². The average Bonchev–Trinajstić information content (AvgIpc) is 3.54. The van der Waals surface area contributed by atoms with E-state index < -0.39 is 22.6 Å². The zero-order valence-electron chi connectivity index (χ0n) is 22.5. The van der Waals surface area contributed by atoms with Gasteiger partial charge in [-0.25, -0.2) is 0 Å². The minimum atomic E-state index is -0.558. The summed E-state index contributed by atoms with van der Waals surface area (Å²) in [5.74, 6) is -0.824. The quantitative estimate of drug-likeness (QED) is 0.290. The highest BCUT2D eigenvalue weighted by Gasteiger charge is 2.74. The highest BCUT2D eigenvalue weighted by Crippen LogP contribution is 2.66. The molecule has 8 heteroatoms. The molecule has 3 amide bonds. The summed E-state index contributed by atoms with van der Waals surface area (Å²) >= 11 is 1.75. The summed E-state index contributed by atoms with van der Waals surface area (Å²) in [4.78, 5) is 48.2. The maximum Gasteiger partial charge on any atom is 0.247 e. The number of amides is 3. The van der Waals surface area contributed by atoms with Gasteiger partial charge in [0.25, 0.3) is 0 Å². The molecular formula is C29H45N3O4S. The van der Waals surface area contributed by atoms with Gasteiger partial charge in [-0.3, -0.25) is 14.4 Å². The number of hydrogen-bond acceptors (Lipinski definition) is 5. The Morgan fingerprint density at radius 1 is 1.11 bits per heavy atom. The van der Waals surface area contributed by atoms with Crippen LogP contribution in [0.4, 0.5) is 0 Å². The van der Waals surface area contributed by atoms with E-state index in [2.05, 4.69) is 20.1 Å². The number of likely N-dealkylation sites (tertiary alicyclic amines) is 1. The smallest absolute Gasteiger partial charge is 0.247 e. The topological polar surface area (TPSA) is 81.2 Å². The van der Waals surface area contributed by atoms with Crippen LogP contribution in [0.5, 0.6) is 0 Å². The zero-order valence-corrected chi connectivity index (χ0v) is 23.3. The van der Waals surface area contributed by atoms with Crippen LogP contribution in [-0.4, -0.2) is 92.4 Å². The van der Waals surface area contributed by atoms with Crippen molar-refractivity contribution in [3.05, 3.63) is 25.3 Å². The number of hydrogen-bond donors (Lipinski definition) is 1. The maximum atomic E-state index is 14.5. The fourth-order valence-corrected chi connectivity index (χ4v) is 9.59. The van der Waals surface area contributed by atoms with Gasteiger partial charge in [0.2, 0.25) is 17.7 Å². The van der Waals surface area contributed by atoms with Crippen molar-refractivity contribution < 1.29 is 19.5 Å². The Kier molecular flexibility index (Phi) is 9.43. The van der Waals surface area contributed by atoms with Crippen molar-refractivity contribution in [2.45, 2.75) is 93.2 Å². The van der Waals surface area contributed by atoms with Crippen molar-refractivity contribution in [3.8, 4) is 0 Å². The van der Waals surface area contributed by atoms with E-state index in [1.807, 2.05) is 9.80 Å².